The second-order valence-electron chi connectivity index (χ2n) is 6.72. The van der Waals surface area contributed by atoms with Crippen LogP contribution in [0.4, 0.5) is 18.9 Å². The smallest absolute Gasteiger partial charge is 0.416 e. The molecule has 0 saturated heterocycles. The van der Waals surface area contributed by atoms with Crippen LogP contribution in [0.15, 0.2) is 82.7 Å². The van der Waals surface area contributed by atoms with E-state index in [-0.39, 0.29) is 27.6 Å². The fourth-order valence-electron chi connectivity index (χ4n) is 3.47. The summed E-state index contributed by atoms with van der Waals surface area (Å²) < 4.78 is 44.9. The van der Waals surface area contributed by atoms with Gasteiger partial charge in [-0.25, -0.2) is 0 Å². The average Bonchev–Trinajstić information content (AvgIpc) is 3.35. The molecular weight excluding hydrogens is 435 g/mol. The summed E-state index contributed by atoms with van der Waals surface area (Å²) in [6.07, 6.45) is -3.41. The molecule has 1 aliphatic heterocycles. The number of hydrogen-bond donors (Lipinski definition) is 1. The number of nitrogens with zero attached hydrogens (tertiary/aromatic N) is 1. The third-order valence-electron chi connectivity index (χ3n) is 4.85. The van der Waals surface area contributed by atoms with Gasteiger partial charge in [0.1, 0.15) is 0 Å². The molecule has 1 N–H and O–H groups in total. The first-order valence-corrected chi connectivity index (χ1v) is 9.34. The van der Waals surface area contributed by atoms with E-state index in [1.54, 1.807) is 12.1 Å². The topological polar surface area (TPSA) is 70.8 Å². The molecule has 1 unspecified atom stereocenters. The first kappa shape index (κ1) is 20.7. The summed E-state index contributed by atoms with van der Waals surface area (Å²) in [6.45, 7) is 0. The maximum absolute atomic E-state index is 13.3. The van der Waals surface area contributed by atoms with Crippen molar-refractivity contribution in [1.82, 2.24) is 0 Å². The second-order valence-corrected chi connectivity index (χ2v) is 7.12. The largest absolute Gasteiger partial charge is 0.503 e. The number of ketones is 1. The van der Waals surface area contributed by atoms with Gasteiger partial charge >= 0.3 is 6.18 Å². The first-order valence-electron chi connectivity index (χ1n) is 8.96. The molecule has 0 radical (unpaired) electrons. The number of Topliss-reactive ketones (excluding diaryl/α,β-unsaturated/α-hetero) is 1. The fourth-order valence-corrected chi connectivity index (χ4v) is 3.71. The average molecular weight is 448 g/mol. The molecule has 1 aromatic heterocycles. The zero-order chi connectivity index (χ0) is 22.3. The van der Waals surface area contributed by atoms with Crippen molar-refractivity contribution < 1.29 is 32.3 Å². The molecule has 0 spiro atoms. The minimum atomic E-state index is -4.65. The third-order valence-corrected chi connectivity index (χ3v) is 5.19. The maximum atomic E-state index is 13.3. The van der Waals surface area contributed by atoms with Gasteiger partial charge in [-0.15, -0.1) is 0 Å². The molecule has 0 fully saturated rings. The summed E-state index contributed by atoms with van der Waals surface area (Å²) >= 11 is 6.29. The molecule has 0 bridgehead atoms. The zero-order valence-electron chi connectivity index (χ0n) is 15.6. The van der Waals surface area contributed by atoms with E-state index in [2.05, 4.69) is 0 Å². The summed E-state index contributed by atoms with van der Waals surface area (Å²) in [5.74, 6) is -2.84. The molecular formula is C22H13ClF3NO4. The van der Waals surface area contributed by atoms with E-state index in [9.17, 15) is 27.9 Å². The lowest BCUT2D eigenvalue weighted by Crippen LogP contribution is -2.31. The maximum Gasteiger partial charge on any atom is 0.416 e. The van der Waals surface area contributed by atoms with Gasteiger partial charge < -0.3 is 9.52 Å². The van der Waals surface area contributed by atoms with Gasteiger partial charge in [-0.2, -0.15) is 13.2 Å². The molecule has 1 aliphatic rings. The lowest BCUT2D eigenvalue weighted by Gasteiger charge is -2.28. The van der Waals surface area contributed by atoms with Crippen molar-refractivity contribution in [2.75, 3.05) is 4.90 Å². The van der Waals surface area contributed by atoms with E-state index in [4.69, 9.17) is 16.0 Å². The van der Waals surface area contributed by atoms with E-state index in [1.165, 1.54) is 36.6 Å². The number of aliphatic hydroxyl groups is 1. The van der Waals surface area contributed by atoms with Gasteiger partial charge in [0.25, 0.3) is 5.91 Å². The number of benzene rings is 2. The highest BCUT2D eigenvalue weighted by atomic mass is 35.5. The standard InChI is InChI=1S/C22H13ClF3NO4/c23-15-8-2-1-7-14(15)18-17(19(28)16-9-4-10-31-16)20(29)21(30)27(18)13-6-3-5-12(11-13)22(24,25)26/h1-11,18,29H. The number of amides is 1. The van der Waals surface area contributed by atoms with E-state index < -0.39 is 35.2 Å². The molecule has 3 aromatic rings. The van der Waals surface area contributed by atoms with E-state index in [1.807, 2.05) is 0 Å². The van der Waals surface area contributed by atoms with Gasteiger partial charge in [-0.05, 0) is 42.0 Å². The summed E-state index contributed by atoms with van der Waals surface area (Å²) in [5.41, 5.74) is -1.22. The predicted octanol–water partition coefficient (Wildman–Crippen LogP) is 5.73. The number of carbonyl (C=O) groups excluding carboxylic acids is 2. The lowest BCUT2D eigenvalue weighted by atomic mass is 9.94. The van der Waals surface area contributed by atoms with Crippen molar-refractivity contribution in [1.29, 1.82) is 0 Å². The van der Waals surface area contributed by atoms with E-state index >= 15 is 0 Å². The lowest BCUT2D eigenvalue weighted by molar-refractivity contribution is -0.137. The Morgan fingerprint density at radius 1 is 1.06 bits per heavy atom. The number of rotatable bonds is 4. The number of carbonyl (C=O) groups is 2. The molecule has 0 aliphatic carbocycles. The van der Waals surface area contributed by atoms with Crippen LogP contribution < -0.4 is 4.90 Å². The van der Waals surface area contributed by atoms with Crippen molar-refractivity contribution in [2.24, 2.45) is 0 Å². The third kappa shape index (κ3) is 3.59. The Morgan fingerprint density at radius 2 is 1.81 bits per heavy atom. The van der Waals surface area contributed by atoms with E-state index in [0.717, 1.165) is 23.1 Å². The molecule has 5 nitrogen and oxygen atoms in total. The molecule has 2 aromatic carbocycles. The van der Waals surface area contributed by atoms with Gasteiger partial charge in [0, 0.05) is 10.7 Å². The zero-order valence-corrected chi connectivity index (χ0v) is 16.3. The number of alkyl halides is 3. The van der Waals surface area contributed by atoms with Crippen LogP contribution in [-0.2, 0) is 11.0 Å². The highest BCUT2D eigenvalue weighted by Crippen LogP contribution is 2.44. The van der Waals surface area contributed by atoms with E-state index in [0.29, 0.717) is 0 Å². The SMILES string of the molecule is O=C(C1=C(O)C(=O)N(c2cccc(C(F)(F)F)c2)C1c1ccccc1Cl)c1ccco1. The number of aliphatic hydroxyl groups excluding tert-OH is 1. The minimum Gasteiger partial charge on any atom is -0.503 e. The molecule has 0 saturated carbocycles. The van der Waals surface area contributed by atoms with Crippen LogP contribution in [0, 0.1) is 0 Å². The van der Waals surface area contributed by atoms with Gasteiger partial charge in [-0.1, -0.05) is 35.9 Å². The molecule has 1 amide bonds. The summed E-state index contributed by atoms with van der Waals surface area (Å²) in [4.78, 5) is 26.9. The quantitative estimate of drug-likeness (QED) is 0.518. The van der Waals surface area contributed by atoms with Crippen LogP contribution in [-0.4, -0.2) is 16.8 Å². The highest BCUT2D eigenvalue weighted by molar-refractivity contribution is 6.32. The Kier molecular flexibility index (Phi) is 5.10. The molecule has 31 heavy (non-hydrogen) atoms. The highest BCUT2D eigenvalue weighted by Gasteiger charge is 2.46. The summed E-state index contributed by atoms with van der Waals surface area (Å²) in [5, 5.41) is 10.7. The number of anilines is 1. The van der Waals surface area contributed by atoms with Crippen LogP contribution >= 0.6 is 11.6 Å². The second kappa shape index (κ2) is 7.63. The fraction of sp³-hybridized carbons (Fsp3) is 0.0909. The monoisotopic (exact) mass is 447 g/mol. The Labute approximate surface area is 179 Å². The van der Waals surface area contributed by atoms with Crippen LogP contribution in [0.2, 0.25) is 5.02 Å². The van der Waals surface area contributed by atoms with Gasteiger partial charge in [0.05, 0.1) is 23.4 Å². The van der Waals surface area contributed by atoms with Crippen molar-refractivity contribution in [3.8, 4) is 0 Å². The molecule has 2 heterocycles. The van der Waals surface area contributed by atoms with Crippen LogP contribution in [0.3, 0.4) is 0 Å². The number of furan rings is 1. The number of halogens is 4. The van der Waals surface area contributed by atoms with Crippen LogP contribution in [0.1, 0.15) is 27.7 Å². The predicted molar refractivity (Wildman–Crippen MR) is 106 cm³/mol. The summed E-state index contributed by atoms with van der Waals surface area (Å²) in [7, 11) is 0. The summed E-state index contributed by atoms with van der Waals surface area (Å²) in [6, 6.07) is 11.8. The molecule has 4 rings (SSSR count). The first-order chi connectivity index (χ1) is 14.7. The normalized spacial score (nSPS) is 16.8. The van der Waals surface area contributed by atoms with Crippen molar-refractivity contribution in [3.05, 3.63) is 100 Å². The molecule has 9 heteroatoms. The van der Waals surface area contributed by atoms with Crippen LogP contribution in [0.5, 0.6) is 0 Å². The van der Waals surface area contributed by atoms with Crippen molar-refractivity contribution >= 4 is 29.0 Å². The number of hydrogen-bond acceptors (Lipinski definition) is 4. The Hall–Kier alpha value is -3.52. The van der Waals surface area contributed by atoms with Crippen molar-refractivity contribution in [2.45, 2.75) is 12.2 Å². The Bertz CT molecular complexity index is 1200. The van der Waals surface area contributed by atoms with Gasteiger partial charge in [-0.3, -0.25) is 14.5 Å². The molecule has 1 atom stereocenters. The Balaban J connectivity index is 1.91. The van der Waals surface area contributed by atoms with Crippen LogP contribution in [0.25, 0.3) is 0 Å². The van der Waals surface area contributed by atoms with Gasteiger partial charge in [0.2, 0.25) is 5.78 Å². The minimum absolute atomic E-state index is 0.141. The Morgan fingerprint density at radius 3 is 2.45 bits per heavy atom. The van der Waals surface area contributed by atoms with Crippen molar-refractivity contribution in [3.63, 3.8) is 0 Å². The molecule has 158 valence electrons. The van der Waals surface area contributed by atoms with Gasteiger partial charge in [0.15, 0.2) is 11.5 Å².